The molecule has 6 nitrogen and oxygen atoms in total. The zero-order valence-electron chi connectivity index (χ0n) is 7.85. The van der Waals surface area contributed by atoms with E-state index in [2.05, 4.69) is 10.2 Å². The Hall–Kier alpha value is -0.990. The summed E-state index contributed by atoms with van der Waals surface area (Å²) in [6, 6.07) is 1.32. The summed E-state index contributed by atoms with van der Waals surface area (Å²) in [6.07, 6.45) is 0. The molecule has 0 saturated carbocycles. The molecule has 0 saturated heterocycles. The number of H-pyrrole nitrogens is 1. The molecule has 0 aliphatic heterocycles. The van der Waals surface area contributed by atoms with E-state index >= 15 is 0 Å². The third kappa shape index (κ3) is 3.57. The van der Waals surface area contributed by atoms with E-state index in [9.17, 15) is 13.8 Å². The van der Waals surface area contributed by atoms with Crippen molar-refractivity contribution in [3.8, 4) is 0 Å². The van der Waals surface area contributed by atoms with Gasteiger partial charge in [0.25, 0.3) is 0 Å². The smallest absolute Gasteiger partial charge is 0.193 e. The van der Waals surface area contributed by atoms with Gasteiger partial charge in [0.05, 0.1) is 5.75 Å². The average molecular weight is 247 g/mol. The van der Waals surface area contributed by atoms with Crippen molar-refractivity contribution in [3.05, 3.63) is 11.8 Å². The number of nitrogens with zero attached hydrogens (tertiary/aromatic N) is 1. The van der Waals surface area contributed by atoms with Crippen molar-refractivity contribution < 1.29 is 13.8 Å². The average Bonchev–Trinajstić information content (AvgIpc) is 2.62. The lowest BCUT2D eigenvalue weighted by Gasteiger charge is -1.92. The number of aromatic amines is 1. The first-order valence-corrected chi connectivity index (χ1v) is 6.08. The molecule has 15 heavy (non-hydrogen) atoms. The van der Waals surface area contributed by atoms with E-state index < -0.39 is 11.0 Å². The molecule has 8 heteroatoms. The standard InChI is InChI=1S/C7H9N3O3S2/c1-4(11)14-3-6(12)5-2-7(10-9-5)15(8)13/h2H,3,8H2,1H3,(H,9,10). The number of ketones is 1. The van der Waals surface area contributed by atoms with Crippen molar-refractivity contribution in [2.45, 2.75) is 11.9 Å². The Labute approximate surface area is 92.6 Å². The van der Waals surface area contributed by atoms with Gasteiger partial charge >= 0.3 is 0 Å². The Morgan fingerprint density at radius 2 is 2.33 bits per heavy atom. The second kappa shape index (κ2) is 5.19. The quantitative estimate of drug-likeness (QED) is 0.720. The number of rotatable bonds is 4. The highest BCUT2D eigenvalue weighted by Gasteiger charge is 2.13. The summed E-state index contributed by atoms with van der Waals surface area (Å²) in [5, 5.41) is 11.2. The minimum atomic E-state index is -1.68. The van der Waals surface area contributed by atoms with E-state index in [0.29, 0.717) is 0 Å². The van der Waals surface area contributed by atoms with Crippen LogP contribution < -0.4 is 5.14 Å². The fraction of sp³-hybridized carbons (Fsp3) is 0.286. The lowest BCUT2D eigenvalue weighted by Crippen LogP contribution is -2.04. The first kappa shape index (κ1) is 12.1. The fourth-order valence-corrected chi connectivity index (χ4v) is 1.64. The van der Waals surface area contributed by atoms with Crippen molar-refractivity contribution in [3.63, 3.8) is 0 Å². The molecule has 1 heterocycles. The molecule has 1 aromatic rings. The molecule has 82 valence electrons. The minimum absolute atomic E-state index is 0.0246. The normalized spacial score (nSPS) is 12.4. The van der Waals surface area contributed by atoms with Gasteiger partial charge in [-0.25, -0.2) is 9.35 Å². The van der Waals surface area contributed by atoms with E-state index in [1.165, 1.54) is 13.0 Å². The van der Waals surface area contributed by atoms with Crippen LogP contribution in [0.3, 0.4) is 0 Å². The highest BCUT2D eigenvalue weighted by molar-refractivity contribution is 8.14. The van der Waals surface area contributed by atoms with E-state index in [1.54, 1.807) is 0 Å². The molecule has 1 unspecified atom stereocenters. The van der Waals surface area contributed by atoms with Crippen LogP contribution in [0, 0.1) is 0 Å². The maximum Gasteiger partial charge on any atom is 0.193 e. The van der Waals surface area contributed by atoms with Crippen molar-refractivity contribution >= 4 is 33.6 Å². The molecule has 0 aliphatic rings. The molecule has 3 N–H and O–H groups in total. The van der Waals surface area contributed by atoms with Gasteiger partial charge in [-0.3, -0.25) is 14.7 Å². The number of nitrogens with one attached hydrogen (secondary N) is 1. The molecular weight excluding hydrogens is 238 g/mol. The van der Waals surface area contributed by atoms with Crippen LogP contribution in [0.5, 0.6) is 0 Å². The molecular formula is C7H9N3O3S2. The van der Waals surface area contributed by atoms with Crippen molar-refractivity contribution in [1.82, 2.24) is 10.2 Å². The fourth-order valence-electron chi connectivity index (χ4n) is 0.791. The van der Waals surface area contributed by atoms with Gasteiger partial charge in [-0.1, -0.05) is 11.8 Å². The highest BCUT2D eigenvalue weighted by atomic mass is 32.2. The minimum Gasteiger partial charge on any atom is -0.291 e. The van der Waals surface area contributed by atoms with Crippen LogP contribution in [-0.4, -0.2) is 31.1 Å². The summed E-state index contributed by atoms with van der Waals surface area (Å²) in [5.41, 5.74) is 0.137. The molecule has 0 aliphatic carbocycles. The summed E-state index contributed by atoms with van der Waals surface area (Å²) in [7, 11) is -1.68. The maximum absolute atomic E-state index is 11.4. The van der Waals surface area contributed by atoms with Gasteiger partial charge in [-0.05, 0) is 0 Å². The number of Topliss-reactive ketones (excluding diaryl/α,β-unsaturated/α-hetero) is 1. The highest BCUT2D eigenvalue weighted by Crippen LogP contribution is 2.08. The van der Waals surface area contributed by atoms with Crippen LogP contribution in [0.2, 0.25) is 0 Å². The summed E-state index contributed by atoms with van der Waals surface area (Å²) in [5.74, 6) is -0.278. The van der Waals surface area contributed by atoms with Gasteiger partial charge in [-0.15, -0.1) is 0 Å². The molecule has 0 aromatic carbocycles. The third-order valence-electron chi connectivity index (χ3n) is 1.46. The zero-order chi connectivity index (χ0) is 11.4. The second-order valence-corrected chi connectivity index (χ2v) is 4.81. The van der Waals surface area contributed by atoms with E-state index in [-0.39, 0.29) is 27.4 Å². The summed E-state index contributed by atoms with van der Waals surface area (Å²) in [4.78, 5) is 22.0. The number of nitrogens with two attached hydrogens (primary N) is 1. The van der Waals surface area contributed by atoms with Gasteiger partial charge in [-0.2, -0.15) is 5.10 Å². The van der Waals surface area contributed by atoms with Crippen LogP contribution in [0.25, 0.3) is 0 Å². The van der Waals surface area contributed by atoms with Crippen molar-refractivity contribution in [1.29, 1.82) is 0 Å². The molecule has 0 fully saturated rings. The number of hydrogen-bond donors (Lipinski definition) is 2. The Kier molecular flexibility index (Phi) is 4.18. The summed E-state index contributed by atoms with van der Waals surface area (Å²) < 4.78 is 10.8. The largest absolute Gasteiger partial charge is 0.291 e. The molecule has 1 atom stereocenters. The van der Waals surface area contributed by atoms with Gasteiger partial charge < -0.3 is 0 Å². The number of carbonyl (C=O) groups excluding carboxylic acids is 2. The van der Waals surface area contributed by atoms with Crippen LogP contribution in [0.1, 0.15) is 17.4 Å². The van der Waals surface area contributed by atoms with Crippen molar-refractivity contribution in [2.24, 2.45) is 5.14 Å². The molecule has 1 aromatic heterocycles. The first-order valence-electron chi connectivity index (χ1n) is 3.89. The Bertz CT molecular complexity index is 415. The maximum atomic E-state index is 11.4. The third-order valence-corrected chi connectivity index (χ3v) is 2.92. The Morgan fingerprint density at radius 3 is 2.80 bits per heavy atom. The van der Waals surface area contributed by atoms with Gasteiger partial charge in [0.15, 0.2) is 10.9 Å². The molecule has 0 bridgehead atoms. The van der Waals surface area contributed by atoms with Crippen LogP contribution in [0.4, 0.5) is 0 Å². The molecule has 0 spiro atoms. The number of aromatic nitrogens is 2. The lowest BCUT2D eigenvalue weighted by molar-refractivity contribution is -0.109. The monoisotopic (exact) mass is 247 g/mol. The molecule has 0 amide bonds. The first-order chi connectivity index (χ1) is 7.00. The predicted octanol–water partition coefficient (Wildman–Crippen LogP) is -0.147. The Balaban J connectivity index is 2.66. The van der Waals surface area contributed by atoms with Gasteiger partial charge in [0.1, 0.15) is 21.7 Å². The zero-order valence-corrected chi connectivity index (χ0v) is 9.48. The molecule has 0 radical (unpaired) electrons. The SMILES string of the molecule is CC(=O)SCC(=O)c1cc(S(N)=O)[nH]n1. The second-order valence-electron chi connectivity index (χ2n) is 2.62. The lowest BCUT2D eigenvalue weighted by atomic mass is 10.3. The Morgan fingerprint density at radius 1 is 1.67 bits per heavy atom. The van der Waals surface area contributed by atoms with Gasteiger partial charge in [0.2, 0.25) is 0 Å². The predicted molar refractivity (Wildman–Crippen MR) is 56.7 cm³/mol. The molecule has 1 rings (SSSR count). The van der Waals surface area contributed by atoms with E-state index in [4.69, 9.17) is 5.14 Å². The summed E-state index contributed by atoms with van der Waals surface area (Å²) in [6.45, 7) is 1.38. The number of hydrogen-bond acceptors (Lipinski definition) is 5. The van der Waals surface area contributed by atoms with Crippen molar-refractivity contribution in [2.75, 3.05) is 5.75 Å². The number of carbonyl (C=O) groups is 2. The number of thioether (sulfide) groups is 1. The van der Waals surface area contributed by atoms with Gasteiger partial charge in [0, 0.05) is 13.0 Å². The summed E-state index contributed by atoms with van der Waals surface area (Å²) >= 11 is 0.902. The van der Waals surface area contributed by atoms with Crippen LogP contribution in [-0.2, 0) is 15.8 Å². The van der Waals surface area contributed by atoms with E-state index in [0.717, 1.165) is 11.8 Å². The van der Waals surface area contributed by atoms with Crippen LogP contribution in [0.15, 0.2) is 11.1 Å². The van der Waals surface area contributed by atoms with E-state index in [1.807, 2.05) is 0 Å². The van der Waals surface area contributed by atoms with Crippen LogP contribution >= 0.6 is 11.8 Å². The topological polar surface area (TPSA) is 106 Å².